The summed E-state index contributed by atoms with van der Waals surface area (Å²) in [7, 11) is 0. The molecule has 0 bridgehead atoms. The predicted molar refractivity (Wildman–Crippen MR) is 52.2 cm³/mol. The van der Waals surface area contributed by atoms with Crippen LogP contribution >= 0.6 is 0 Å². The smallest absolute Gasteiger partial charge is 0.0740 e. The molecule has 0 amide bonds. The maximum atomic E-state index is 8.93. The normalized spacial score (nSPS) is 29.7. The fourth-order valence-corrected chi connectivity index (χ4v) is 1.84. The van der Waals surface area contributed by atoms with Crippen LogP contribution in [0.15, 0.2) is 0 Å². The molecule has 2 unspecified atom stereocenters. The Kier molecular flexibility index (Phi) is 3.33. The van der Waals surface area contributed by atoms with Crippen molar-refractivity contribution >= 4 is 0 Å². The SMILES string of the molecule is CC(C)(C)OC1CCCCC1C#N. The summed E-state index contributed by atoms with van der Waals surface area (Å²) >= 11 is 0. The average molecular weight is 181 g/mol. The second kappa shape index (κ2) is 4.11. The largest absolute Gasteiger partial charge is 0.371 e. The Morgan fingerprint density at radius 3 is 2.38 bits per heavy atom. The van der Waals surface area contributed by atoms with Crippen molar-refractivity contribution < 1.29 is 4.74 Å². The highest BCUT2D eigenvalue weighted by atomic mass is 16.5. The summed E-state index contributed by atoms with van der Waals surface area (Å²) in [6, 6.07) is 2.35. The van der Waals surface area contributed by atoms with E-state index in [4.69, 9.17) is 10.00 Å². The fourth-order valence-electron chi connectivity index (χ4n) is 1.84. The standard InChI is InChI=1S/C11H19NO/c1-11(2,3)13-10-7-5-4-6-9(10)8-12/h9-10H,4-7H2,1-3H3. The van der Waals surface area contributed by atoms with Crippen LogP contribution in [0.2, 0.25) is 0 Å². The topological polar surface area (TPSA) is 33.0 Å². The van der Waals surface area contributed by atoms with Crippen LogP contribution in [0.4, 0.5) is 0 Å². The van der Waals surface area contributed by atoms with Gasteiger partial charge in [0.1, 0.15) is 0 Å². The molecule has 0 aromatic heterocycles. The van der Waals surface area contributed by atoms with E-state index >= 15 is 0 Å². The van der Waals surface area contributed by atoms with Crippen LogP contribution in [-0.2, 0) is 4.74 Å². The van der Waals surface area contributed by atoms with E-state index in [0.717, 1.165) is 12.8 Å². The minimum Gasteiger partial charge on any atom is -0.371 e. The van der Waals surface area contributed by atoms with Crippen molar-refractivity contribution in [2.45, 2.75) is 58.2 Å². The Morgan fingerprint density at radius 1 is 1.23 bits per heavy atom. The van der Waals surface area contributed by atoms with Gasteiger partial charge in [-0.3, -0.25) is 0 Å². The zero-order valence-electron chi connectivity index (χ0n) is 8.84. The van der Waals surface area contributed by atoms with Gasteiger partial charge in [-0.2, -0.15) is 5.26 Å². The van der Waals surface area contributed by atoms with E-state index in [0.29, 0.717) is 0 Å². The quantitative estimate of drug-likeness (QED) is 0.623. The van der Waals surface area contributed by atoms with Gasteiger partial charge in [-0.25, -0.2) is 0 Å². The van der Waals surface area contributed by atoms with Crippen molar-refractivity contribution in [2.24, 2.45) is 5.92 Å². The zero-order valence-corrected chi connectivity index (χ0v) is 8.84. The Labute approximate surface area is 80.9 Å². The molecule has 0 aliphatic heterocycles. The third-order valence-corrected chi connectivity index (χ3v) is 2.37. The summed E-state index contributed by atoms with van der Waals surface area (Å²) in [6.07, 6.45) is 4.62. The van der Waals surface area contributed by atoms with Gasteiger partial charge in [0, 0.05) is 0 Å². The lowest BCUT2D eigenvalue weighted by molar-refractivity contribution is -0.0877. The van der Waals surface area contributed by atoms with Crippen molar-refractivity contribution in [1.29, 1.82) is 5.26 Å². The van der Waals surface area contributed by atoms with Crippen LogP contribution in [0.25, 0.3) is 0 Å². The molecule has 0 radical (unpaired) electrons. The Morgan fingerprint density at radius 2 is 1.85 bits per heavy atom. The van der Waals surface area contributed by atoms with Crippen molar-refractivity contribution in [2.75, 3.05) is 0 Å². The highest BCUT2D eigenvalue weighted by Gasteiger charge is 2.29. The van der Waals surface area contributed by atoms with Crippen LogP contribution in [0.1, 0.15) is 46.5 Å². The highest BCUT2D eigenvalue weighted by molar-refractivity contribution is 4.92. The predicted octanol–water partition coefficient (Wildman–Crippen LogP) is 2.88. The Balaban J connectivity index is 2.51. The first-order valence-corrected chi connectivity index (χ1v) is 5.10. The van der Waals surface area contributed by atoms with Gasteiger partial charge in [0.25, 0.3) is 0 Å². The molecule has 0 saturated heterocycles. The Bertz CT molecular complexity index is 199. The lowest BCUT2D eigenvalue weighted by Crippen LogP contribution is -2.34. The van der Waals surface area contributed by atoms with Gasteiger partial charge in [-0.1, -0.05) is 12.8 Å². The van der Waals surface area contributed by atoms with E-state index in [1.165, 1.54) is 12.8 Å². The lowest BCUT2D eigenvalue weighted by Gasteiger charge is -2.33. The second-order valence-electron chi connectivity index (χ2n) is 4.79. The third kappa shape index (κ3) is 3.36. The molecule has 2 nitrogen and oxygen atoms in total. The number of rotatable bonds is 1. The summed E-state index contributed by atoms with van der Waals surface area (Å²) in [6.45, 7) is 6.15. The van der Waals surface area contributed by atoms with Gasteiger partial charge in [0.15, 0.2) is 0 Å². The summed E-state index contributed by atoms with van der Waals surface area (Å²) in [5.74, 6) is 0.118. The molecule has 0 N–H and O–H groups in total. The molecule has 0 heterocycles. The monoisotopic (exact) mass is 181 g/mol. The second-order valence-corrected chi connectivity index (χ2v) is 4.79. The highest BCUT2D eigenvalue weighted by Crippen LogP contribution is 2.29. The van der Waals surface area contributed by atoms with Crippen molar-refractivity contribution in [3.05, 3.63) is 0 Å². The molecule has 2 heteroatoms. The molecule has 1 saturated carbocycles. The average Bonchev–Trinajstić information content (AvgIpc) is 2.02. The molecule has 1 fully saturated rings. The van der Waals surface area contributed by atoms with Crippen LogP contribution in [0.3, 0.4) is 0 Å². The van der Waals surface area contributed by atoms with E-state index in [2.05, 4.69) is 26.8 Å². The van der Waals surface area contributed by atoms with Crippen molar-refractivity contribution in [3.63, 3.8) is 0 Å². The van der Waals surface area contributed by atoms with E-state index in [-0.39, 0.29) is 17.6 Å². The summed E-state index contributed by atoms with van der Waals surface area (Å²) in [5.41, 5.74) is -0.114. The maximum Gasteiger partial charge on any atom is 0.0740 e. The first kappa shape index (κ1) is 10.5. The molecule has 0 spiro atoms. The maximum absolute atomic E-state index is 8.93. The molecule has 1 rings (SSSR count). The van der Waals surface area contributed by atoms with Crippen LogP contribution in [0, 0.1) is 17.2 Å². The third-order valence-electron chi connectivity index (χ3n) is 2.37. The van der Waals surface area contributed by atoms with E-state index in [1.54, 1.807) is 0 Å². The van der Waals surface area contributed by atoms with Crippen LogP contribution in [0.5, 0.6) is 0 Å². The number of hydrogen-bond acceptors (Lipinski definition) is 2. The molecule has 74 valence electrons. The molecule has 1 aliphatic carbocycles. The van der Waals surface area contributed by atoms with Crippen molar-refractivity contribution in [1.82, 2.24) is 0 Å². The fraction of sp³-hybridized carbons (Fsp3) is 0.909. The molecule has 2 atom stereocenters. The number of nitriles is 1. The Hall–Kier alpha value is -0.550. The molecule has 13 heavy (non-hydrogen) atoms. The van der Waals surface area contributed by atoms with Crippen molar-refractivity contribution in [3.8, 4) is 6.07 Å². The van der Waals surface area contributed by atoms with E-state index < -0.39 is 0 Å². The molecule has 0 aromatic carbocycles. The minimum absolute atomic E-state index is 0.114. The first-order valence-electron chi connectivity index (χ1n) is 5.10. The van der Waals surface area contributed by atoms with Gasteiger partial charge in [-0.15, -0.1) is 0 Å². The summed E-state index contributed by atoms with van der Waals surface area (Å²) in [5, 5.41) is 8.93. The van der Waals surface area contributed by atoms with Gasteiger partial charge in [0.2, 0.25) is 0 Å². The zero-order chi connectivity index (χ0) is 9.90. The number of nitrogens with zero attached hydrogens (tertiary/aromatic N) is 1. The molecule has 1 aliphatic rings. The lowest BCUT2D eigenvalue weighted by atomic mass is 9.87. The van der Waals surface area contributed by atoms with Gasteiger partial charge in [0.05, 0.1) is 23.7 Å². The van der Waals surface area contributed by atoms with Crippen LogP contribution < -0.4 is 0 Å². The van der Waals surface area contributed by atoms with E-state index in [1.807, 2.05) is 0 Å². The number of hydrogen-bond donors (Lipinski definition) is 0. The van der Waals surface area contributed by atoms with Gasteiger partial charge >= 0.3 is 0 Å². The number of ether oxygens (including phenoxy) is 1. The summed E-state index contributed by atoms with van der Waals surface area (Å²) in [4.78, 5) is 0. The summed E-state index contributed by atoms with van der Waals surface area (Å²) < 4.78 is 5.86. The molecule has 0 aromatic rings. The molecular weight excluding hydrogens is 162 g/mol. The van der Waals surface area contributed by atoms with Gasteiger partial charge in [-0.05, 0) is 33.6 Å². The van der Waals surface area contributed by atoms with Crippen LogP contribution in [-0.4, -0.2) is 11.7 Å². The van der Waals surface area contributed by atoms with Gasteiger partial charge < -0.3 is 4.74 Å². The molecular formula is C11H19NO. The van der Waals surface area contributed by atoms with E-state index in [9.17, 15) is 0 Å². The first-order chi connectivity index (χ1) is 6.03. The minimum atomic E-state index is -0.114.